The molecule has 1 aromatic rings. The van der Waals surface area contributed by atoms with E-state index in [1.54, 1.807) is 13.2 Å². The SMILES string of the molecule is COCCNC(=O)c1ncc(Cl)cc1Br. The molecule has 1 rings (SSSR count). The molecular weight excluding hydrogens is 283 g/mol. The molecule has 0 aliphatic carbocycles. The fourth-order valence-corrected chi connectivity index (χ4v) is 1.75. The Labute approximate surface area is 101 Å². The van der Waals surface area contributed by atoms with Crippen molar-refractivity contribution in [1.82, 2.24) is 10.3 Å². The Morgan fingerprint density at radius 2 is 2.47 bits per heavy atom. The van der Waals surface area contributed by atoms with Crippen molar-refractivity contribution >= 4 is 33.4 Å². The second-order valence-corrected chi connectivity index (χ2v) is 4.02. The molecule has 0 aliphatic rings. The molecular formula is C9H10BrClN2O2. The number of hydrogen-bond acceptors (Lipinski definition) is 3. The summed E-state index contributed by atoms with van der Waals surface area (Å²) >= 11 is 8.92. The molecule has 82 valence electrons. The fraction of sp³-hybridized carbons (Fsp3) is 0.333. The Morgan fingerprint density at radius 1 is 1.73 bits per heavy atom. The van der Waals surface area contributed by atoms with Gasteiger partial charge in [0.1, 0.15) is 5.69 Å². The van der Waals surface area contributed by atoms with E-state index >= 15 is 0 Å². The zero-order valence-electron chi connectivity index (χ0n) is 8.09. The van der Waals surface area contributed by atoms with Crippen LogP contribution in [0.5, 0.6) is 0 Å². The number of ether oxygens (including phenoxy) is 1. The van der Waals surface area contributed by atoms with Gasteiger partial charge in [-0.05, 0) is 22.0 Å². The first-order valence-corrected chi connectivity index (χ1v) is 5.40. The second kappa shape index (κ2) is 6.05. The van der Waals surface area contributed by atoms with Gasteiger partial charge in [-0.1, -0.05) is 11.6 Å². The summed E-state index contributed by atoms with van der Waals surface area (Å²) in [7, 11) is 1.57. The van der Waals surface area contributed by atoms with Crippen LogP contribution in [0.15, 0.2) is 16.7 Å². The third-order valence-electron chi connectivity index (χ3n) is 1.61. The van der Waals surface area contributed by atoms with E-state index in [1.807, 2.05) is 0 Å². The number of carbonyl (C=O) groups is 1. The van der Waals surface area contributed by atoms with Gasteiger partial charge in [0.05, 0.1) is 16.1 Å². The quantitative estimate of drug-likeness (QED) is 0.862. The standard InChI is InChI=1S/C9H10BrClN2O2/c1-15-3-2-12-9(14)8-7(10)4-6(11)5-13-8/h4-5H,2-3H2,1H3,(H,12,14). The van der Waals surface area contributed by atoms with E-state index in [9.17, 15) is 4.79 Å². The summed E-state index contributed by atoms with van der Waals surface area (Å²) in [6, 6.07) is 1.62. The Hall–Kier alpha value is -0.650. The number of amides is 1. The van der Waals surface area contributed by atoms with E-state index in [0.29, 0.717) is 28.3 Å². The van der Waals surface area contributed by atoms with Crippen molar-refractivity contribution in [3.63, 3.8) is 0 Å². The zero-order chi connectivity index (χ0) is 11.3. The van der Waals surface area contributed by atoms with Gasteiger partial charge in [0.15, 0.2) is 0 Å². The highest BCUT2D eigenvalue weighted by Crippen LogP contribution is 2.18. The largest absolute Gasteiger partial charge is 0.383 e. The van der Waals surface area contributed by atoms with Crippen molar-refractivity contribution in [3.05, 3.63) is 27.5 Å². The Morgan fingerprint density at radius 3 is 3.07 bits per heavy atom. The molecule has 0 aliphatic heterocycles. The van der Waals surface area contributed by atoms with Gasteiger partial charge in [-0.3, -0.25) is 4.79 Å². The summed E-state index contributed by atoms with van der Waals surface area (Å²) in [5, 5.41) is 3.14. The summed E-state index contributed by atoms with van der Waals surface area (Å²) in [6.07, 6.45) is 1.43. The van der Waals surface area contributed by atoms with Crippen LogP contribution in [-0.4, -0.2) is 31.2 Å². The first-order valence-electron chi connectivity index (χ1n) is 4.23. The predicted molar refractivity (Wildman–Crippen MR) is 61.2 cm³/mol. The first kappa shape index (κ1) is 12.4. The van der Waals surface area contributed by atoms with Crippen molar-refractivity contribution in [2.75, 3.05) is 20.3 Å². The van der Waals surface area contributed by atoms with E-state index in [2.05, 4.69) is 26.2 Å². The summed E-state index contributed by atoms with van der Waals surface area (Å²) < 4.78 is 5.38. The van der Waals surface area contributed by atoms with Gasteiger partial charge in [-0.25, -0.2) is 4.98 Å². The lowest BCUT2D eigenvalue weighted by Gasteiger charge is -2.05. The minimum Gasteiger partial charge on any atom is -0.383 e. The monoisotopic (exact) mass is 292 g/mol. The molecule has 1 amide bonds. The maximum Gasteiger partial charge on any atom is 0.271 e. The van der Waals surface area contributed by atoms with Crippen LogP contribution in [0.3, 0.4) is 0 Å². The van der Waals surface area contributed by atoms with Crippen molar-refractivity contribution in [1.29, 1.82) is 0 Å². The molecule has 0 spiro atoms. The van der Waals surface area contributed by atoms with Crippen molar-refractivity contribution in [2.45, 2.75) is 0 Å². The number of methoxy groups -OCH3 is 1. The number of nitrogens with one attached hydrogen (secondary N) is 1. The van der Waals surface area contributed by atoms with Crippen LogP contribution in [0, 0.1) is 0 Å². The van der Waals surface area contributed by atoms with Crippen molar-refractivity contribution in [3.8, 4) is 0 Å². The summed E-state index contributed by atoms with van der Waals surface area (Å²) in [6.45, 7) is 0.920. The molecule has 0 atom stereocenters. The Bertz CT molecular complexity index is 360. The highest BCUT2D eigenvalue weighted by atomic mass is 79.9. The summed E-state index contributed by atoms with van der Waals surface area (Å²) in [5.41, 5.74) is 0.315. The smallest absolute Gasteiger partial charge is 0.271 e. The lowest BCUT2D eigenvalue weighted by Crippen LogP contribution is -2.28. The van der Waals surface area contributed by atoms with Crippen LogP contribution in [0.2, 0.25) is 5.02 Å². The lowest BCUT2D eigenvalue weighted by molar-refractivity contribution is 0.0931. The van der Waals surface area contributed by atoms with Crippen LogP contribution >= 0.6 is 27.5 Å². The molecule has 1 N–H and O–H groups in total. The minimum atomic E-state index is -0.254. The van der Waals surface area contributed by atoms with E-state index in [-0.39, 0.29) is 5.91 Å². The molecule has 0 aromatic carbocycles. The van der Waals surface area contributed by atoms with Gasteiger partial charge in [-0.15, -0.1) is 0 Å². The molecule has 0 saturated carbocycles. The molecule has 15 heavy (non-hydrogen) atoms. The number of carbonyl (C=O) groups excluding carboxylic acids is 1. The average Bonchev–Trinajstić information content (AvgIpc) is 2.17. The highest BCUT2D eigenvalue weighted by molar-refractivity contribution is 9.10. The van der Waals surface area contributed by atoms with Crippen molar-refractivity contribution in [2.24, 2.45) is 0 Å². The first-order chi connectivity index (χ1) is 7.15. The number of pyridine rings is 1. The van der Waals surface area contributed by atoms with Gasteiger partial charge in [0.2, 0.25) is 0 Å². The van der Waals surface area contributed by atoms with Crippen LogP contribution in [0.25, 0.3) is 0 Å². The van der Waals surface area contributed by atoms with E-state index in [4.69, 9.17) is 16.3 Å². The topological polar surface area (TPSA) is 51.2 Å². The van der Waals surface area contributed by atoms with Crippen LogP contribution < -0.4 is 5.32 Å². The van der Waals surface area contributed by atoms with Crippen molar-refractivity contribution < 1.29 is 9.53 Å². The zero-order valence-corrected chi connectivity index (χ0v) is 10.4. The third kappa shape index (κ3) is 3.77. The molecule has 0 fully saturated rings. The molecule has 1 heterocycles. The summed E-state index contributed by atoms with van der Waals surface area (Å²) in [4.78, 5) is 15.5. The molecule has 0 radical (unpaired) electrons. The van der Waals surface area contributed by atoms with E-state index in [1.165, 1.54) is 6.20 Å². The van der Waals surface area contributed by atoms with Gasteiger partial charge in [0.25, 0.3) is 5.91 Å². The van der Waals surface area contributed by atoms with Gasteiger partial charge in [-0.2, -0.15) is 0 Å². The summed E-state index contributed by atoms with van der Waals surface area (Å²) in [5.74, 6) is -0.254. The fourth-order valence-electron chi connectivity index (χ4n) is 0.932. The van der Waals surface area contributed by atoms with Gasteiger partial charge >= 0.3 is 0 Å². The Balaban J connectivity index is 2.65. The van der Waals surface area contributed by atoms with Crippen LogP contribution in [0.1, 0.15) is 10.5 Å². The predicted octanol–water partition coefficient (Wildman–Crippen LogP) is 1.87. The Kier molecular flexibility index (Phi) is 5.01. The average molecular weight is 294 g/mol. The maximum absolute atomic E-state index is 11.5. The third-order valence-corrected chi connectivity index (χ3v) is 2.43. The van der Waals surface area contributed by atoms with Crippen LogP contribution in [0.4, 0.5) is 0 Å². The second-order valence-electron chi connectivity index (χ2n) is 2.73. The number of rotatable bonds is 4. The van der Waals surface area contributed by atoms with Crippen LogP contribution in [-0.2, 0) is 4.74 Å². The minimum absolute atomic E-state index is 0.254. The molecule has 4 nitrogen and oxygen atoms in total. The molecule has 1 aromatic heterocycles. The van der Waals surface area contributed by atoms with Gasteiger partial charge in [0, 0.05) is 19.9 Å². The maximum atomic E-state index is 11.5. The van der Waals surface area contributed by atoms with Gasteiger partial charge < -0.3 is 10.1 Å². The number of hydrogen-bond donors (Lipinski definition) is 1. The molecule has 6 heteroatoms. The molecule has 0 unspecified atom stereocenters. The normalized spacial score (nSPS) is 10.1. The molecule has 0 bridgehead atoms. The van der Waals surface area contributed by atoms with E-state index < -0.39 is 0 Å². The molecule has 0 saturated heterocycles. The number of nitrogens with zero attached hydrogens (tertiary/aromatic N) is 1. The number of aromatic nitrogens is 1. The number of halogens is 2. The lowest BCUT2D eigenvalue weighted by atomic mass is 10.3. The van der Waals surface area contributed by atoms with E-state index in [0.717, 1.165) is 0 Å². The highest BCUT2D eigenvalue weighted by Gasteiger charge is 2.11.